The molecule has 0 aliphatic heterocycles. The largest absolute Gasteiger partial charge is 0.340 e. The van der Waals surface area contributed by atoms with Gasteiger partial charge in [0.05, 0.1) is 5.52 Å². The van der Waals surface area contributed by atoms with Crippen molar-refractivity contribution in [2.75, 3.05) is 5.32 Å². The van der Waals surface area contributed by atoms with Gasteiger partial charge in [-0.25, -0.2) is 9.97 Å². The van der Waals surface area contributed by atoms with Crippen LogP contribution in [0.1, 0.15) is 12.5 Å². The van der Waals surface area contributed by atoms with Gasteiger partial charge in [0.2, 0.25) is 0 Å². The molecule has 0 amide bonds. The molecule has 0 saturated heterocycles. The quantitative estimate of drug-likeness (QED) is 0.764. The van der Waals surface area contributed by atoms with Gasteiger partial charge in [-0.15, -0.1) is 0 Å². The Bertz CT molecular complexity index is 693. The van der Waals surface area contributed by atoms with E-state index in [4.69, 9.17) is 0 Å². The highest BCUT2D eigenvalue weighted by molar-refractivity contribution is 5.91. The molecule has 1 heterocycles. The van der Waals surface area contributed by atoms with Crippen LogP contribution in [0.4, 0.5) is 11.5 Å². The maximum absolute atomic E-state index is 4.36. The lowest BCUT2D eigenvalue weighted by atomic mass is 10.1. The second-order valence-electron chi connectivity index (χ2n) is 4.42. The Kier molecular flexibility index (Phi) is 3.11. The molecule has 0 radical (unpaired) electrons. The molecule has 0 bridgehead atoms. The molecular formula is C16H15N3. The molecule has 3 nitrogen and oxygen atoms in total. The minimum Gasteiger partial charge on any atom is -0.340 e. The fourth-order valence-corrected chi connectivity index (χ4v) is 2.08. The summed E-state index contributed by atoms with van der Waals surface area (Å²) in [5, 5.41) is 4.41. The number of hydrogen-bond donors (Lipinski definition) is 1. The van der Waals surface area contributed by atoms with Gasteiger partial charge in [0.15, 0.2) is 0 Å². The SMILES string of the molecule is CCc1ccc2ncnc(Nc3ccccc3)c2c1. The molecule has 2 aromatic carbocycles. The summed E-state index contributed by atoms with van der Waals surface area (Å²) in [4.78, 5) is 8.66. The van der Waals surface area contributed by atoms with Crippen molar-refractivity contribution in [3.05, 3.63) is 60.4 Å². The molecule has 3 rings (SSSR count). The number of fused-ring (bicyclic) bond motifs is 1. The van der Waals surface area contributed by atoms with Crippen molar-refractivity contribution >= 4 is 22.4 Å². The van der Waals surface area contributed by atoms with Crippen molar-refractivity contribution in [1.29, 1.82) is 0 Å². The lowest BCUT2D eigenvalue weighted by Gasteiger charge is -2.09. The summed E-state index contributed by atoms with van der Waals surface area (Å²) >= 11 is 0. The summed E-state index contributed by atoms with van der Waals surface area (Å²) in [6.45, 7) is 2.15. The third-order valence-electron chi connectivity index (χ3n) is 3.14. The Balaban J connectivity index is 2.07. The molecule has 0 fully saturated rings. The van der Waals surface area contributed by atoms with Crippen LogP contribution < -0.4 is 5.32 Å². The van der Waals surface area contributed by atoms with Gasteiger partial charge < -0.3 is 5.32 Å². The zero-order valence-corrected chi connectivity index (χ0v) is 10.8. The van der Waals surface area contributed by atoms with Crippen molar-refractivity contribution < 1.29 is 0 Å². The van der Waals surface area contributed by atoms with Crippen LogP contribution >= 0.6 is 0 Å². The Labute approximate surface area is 112 Å². The standard InChI is InChI=1S/C16H15N3/c1-2-12-8-9-15-14(10-12)16(18-11-17-15)19-13-6-4-3-5-7-13/h3-11H,2H2,1H3,(H,17,18,19). The highest BCUT2D eigenvalue weighted by Crippen LogP contribution is 2.23. The van der Waals surface area contributed by atoms with Gasteiger partial charge in [-0.1, -0.05) is 31.2 Å². The first-order valence-electron chi connectivity index (χ1n) is 6.42. The Morgan fingerprint density at radius 3 is 2.63 bits per heavy atom. The fourth-order valence-electron chi connectivity index (χ4n) is 2.08. The number of aryl methyl sites for hydroxylation is 1. The van der Waals surface area contributed by atoms with Gasteiger partial charge in [-0.2, -0.15) is 0 Å². The van der Waals surface area contributed by atoms with Crippen LogP contribution in [0.3, 0.4) is 0 Å². The monoisotopic (exact) mass is 249 g/mol. The number of para-hydroxylation sites is 1. The van der Waals surface area contributed by atoms with E-state index in [9.17, 15) is 0 Å². The van der Waals surface area contributed by atoms with Gasteiger partial charge in [-0.3, -0.25) is 0 Å². The molecule has 0 saturated carbocycles. The molecule has 0 unspecified atom stereocenters. The van der Waals surface area contributed by atoms with E-state index in [1.807, 2.05) is 36.4 Å². The van der Waals surface area contributed by atoms with Crippen molar-refractivity contribution in [1.82, 2.24) is 9.97 Å². The first-order chi connectivity index (χ1) is 9.36. The van der Waals surface area contributed by atoms with Gasteiger partial charge in [0.25, 0.3) is 0 Å². The molecule has 3 heteroatoms. The van der Waals surface area contributed by atoms with Crippen molar-refractivity contribution in [2.24, 2.45) is 0 Å². The van der Waals surface area contributed by atoms with E-state index in [1.165, 1.54) is 5.56 Å². The van der Waals surface area contributed by atoms with Crippen LogP contribution in [0.2, 0.25) is 0 Å². The molecule has 19 heavy (non-hydrogen) atoms. The third kappa shape index (κ3) is 2.40. The first kappa shape index (κ1) is 11.7. The zero-order chi connectivity index (χ0) is 13.1. The second-order valence-corrected chi connectivity index (χ2v) is 4.42. The predicted octanol–water partition coefficient (Wildman–Crippen LogP) is 3.94. The number of nitrogens with one attached hydrogen (secondary N) is 1. The normalized spacial score (nSPS) is 10.6. The number of rotatable bonds is 3. The number of hydrogen-bond acceptors (Lipinski definition) is 3. The molecule has 0 aliphatic rings. The van der Waals surface area contributed by atoms with E-state index in [1.54, 1.807) is 6.33 Å². The molecule has 0 spiro atoms. The molecule has 1 aromatic heterocycles. The lowest BCUT2D eigenvalue weighted by molar-refractivity contribution is 1.14. The summed E-state index contributed by atoms with van der Waals surface area (Å²) < 4.78 is 0. The van der Waals surface area contributed by atoms with Gasteiger partial charge in [-0.05, 0) is 36.2 Å². The zero-order valence-electron chi connectivity index (χ0n) is 10.8. The average molecular weight is 249 g/mol. The van der Waals surface area contributed by atoms with E-state index < -0.39 is 0 Å². The average Bonchev–Trinajstić information content (AvgIpc) is 2.48. The topological polar surface area (TPSA) is 37.8 Å². The molecule has 0 aliphatic carbocycles. The van der Waals surface area contributed by atoms with Crippen LogP contribution in [-0.4, -0.2) is 9.97 Å². The van der Waals surface area contributed by atoms with Crippen LogP contribution in [0, 0.1) is 0 Å². The number of aromatic nitrogens is 2. The number of benzene rings is 2. The van der Waals surface area contributed by atoms with E-state index in [-0.39, 0.29) is 0 Å². The smallest absolute Gasteiger partial charge is 0.141 e. The predicted molar refractivity (Wildman–Crippen MR) is 78.6 cm³/mol. The van der Waals surface area contributed by atoms with Crippen LogP contribution in [0.25, 0.3) is 10.9 Å². The van der Waals surface area contributed by atoms with Crippen LogP contribution in [-0.2, 0) is 6.42 Å². The van der Waals surface area contributed by atoms with Crippen molar-refractivity contribution in [3.63, 3.8) is 0 Å². The minimum atomic E-state index is 0.853. The summed E-state index contributed by atoms with van der Waals surface area (Å²) in [7, 11) is 0. The van der Waals surface area contributed by atoms with E-state index in [0.29, 0.717) is 0 Å². The van der Waals surface area contributed by atoms with Crippen LogP contribution in [0.5, 0.6) is 0 Å². The van der Waals surface area contributed by atoms with Gasteiger partial charge >= 0.3 is 0 Å². The maximum Gasteiger partial charge on any atom is 0.141 e. The fraction of sp³-hybridized carbons (Fsp3) is 0.125. The lowest BCUT2D eigenvalue weighted by Crippen LogP contribution is -1.96. The van der Waals surface area contributed by atoms with Gasteiger partial charge in [0, 0.05) is 11.1 Å². The molecule has 1 N–H and O–H groups in total. The van der Waals surface area contributed by atoms with E-state index in [0.717, 1.165) is 28.8 Å². The Hall–Kier alpha value is -2.42. The Morgan fingerprint density at radius 1 is 1.00 bits per heavy atom. The summed E-state index contributed by atoms with van der Waals surface area (Å²) in [5.74, 6) is 0.853. The molecular weight excluding hydrogens is 234 g/mol. The van der Waals surface area contributed by atoms with Crippen molar-refractivity contribution in [2.45, 2.75) is 13.3 Å². The van der Waals surface area contributed by atoms with E-state index >= 15 is 0 Å². The first-order valence-corrected chi connectivity index (χ1v) is 6.42. The maximum atomic E-state index is 4.36. The number of nitrogens with zero attached hydrogens (tertiary/aromatic N) is 2. The van der Waals surface area contributed by atoms with Crippen molar-refractivity contribution in [3.8, 4) is 0 Å². The number of anilines is 2. The summed E-state index contributed by atoms with van der Waals surface area (Å²) in [5.41, 5.74) is 3.29. The molecule has 94 valence electrons. The highest BCUT2D eigenvalue weighted by Gasteiger charge is 2.04. The molecule has 0 atom stereocenters. The van der Waals surface area contributed by atoms with Gasteiger partial charge in [0.1, 0.15) is 12.1 Å². The highest BCUT2D eigenvalue weighted by atomic mass is 15.0. The summed E-state index contributed by atoms with van der Waals surface area (Å²) in [6.07, 6.45) is 2.61. The molecule has 3 aromatic rings. The second kappa shape index (κ2) is 5.06. The van der Waals surface area contributed by atoms with Crippen LogP contribution in [0.15, 0.2) is 54.9 Å². The minimum absolute atomic E-state index is 0.853. The third-order valence-corrected chi connectivity index (χ3v) is 3.14. The Morgan fingerprint density at radius 2 is 1.84 bits per heavy atom. The van der Waals surface area contributed by atoms with E-state index in [2.05, 4.69) is 34.3 Å². The summed E-state index contributed by atoms with van der Waals surface area (Å²) in [6, 6.07) is 16.4.